The van der Waals surface area contributed by atoms with Crippen LogP contribution in [0.5, 0.6) is 0 Å². The van der Waals surface area contributed by atoms with E-state index in [0.717, 1.165) is 18.4 Å². The number of nitrogens with one attached hydrogen (secondary N) is 1. The summed E-state index contributed by atoms with van der Waals surface area (Å²) in [5.74, 6) is 1.68. The molecule has 0 aromatic heterocycles. The summed E-state index contributed by atoms with van der Waals surface area (Å²) in [6.45, 7) is 5.40. The summed E-state index contributed by atoms with van der Waals surface area (Å²) >= 11 is 0. The molecule has 1 saturated carbocycles. The summed E-state index contributed by atoms with van der Waals surface area (Å²) < 4.78 is 0. The first kappa shape index (κ1) is 13.4. The second-order valence-corrected chi connectivity index (χ2v) is 6.06. The molecular formula is C16H26N2. The minimum absolute atomic E-state index is 0.118. The molecule has 1 aromatic carbocycles. The molecule has 0 spiro atoms. The molecule has 0 unspecified atom stereocenters. The van der Waals surface area contributed by atoms with E-state index in [9.17, 15) is 0 Å². The molecule has 100 valence electrons. The molecule has 0 aliphatic heterocycles. The summed E-state index contributed by atoms with van der Waals surface area (Å²) in [5.41, 5.74) is 7.36. The highest BCUT2D eigenvalue weighted by molar-refractivity contribution is 5.45. The fourth-order valence-corrected chi connectivity index (χ4v) is 3.07. The molecule has 0 heterocycles. The first-order valence-electron chi connectivity index (χ1n) is 7.18. The van der Waals surface area contributed by atoms with Crippen LogP contribution >= 0.6 is 0 Å². The van der Waals surface area contributed by atoms with Crippen molar-refractivity contribution in [3.05, 3.63) is 30.3 Å². The van der Waals surface area contributed by atoms with E-state index in [4.69, 9.17) is 5.73 Å². The van der Waals surface area contributed by atoms with Gasteiger partial charge in [-0.3, -0.25) is 0 Å². The van der Waals surface area contributed by atoms with Gasteiger partial charge < -0.3 is 11.1 Å². The Kier molecular flexibility index (Phi) is 4.28. The standard InChI is InChI=1S/C16H26N2/c1-13(2)14-8-10-16(12-17,11-9-14)18-15-6-4-3-5-7-15/h3-7,13-14,18H,8-12,17H2,1-2H3. The van der Waals surface area contributed by atoms with Crippen LogP contribution in [-0.2, 0) is 0 Å². The van der Waals surface area contributed by atoms with Crippen LogP contribution < -0.4 is 11.1 Å². The van der Waals surface area contributed by atoms with Crippen molar-refractivity contribution in [3.8, 4) is 0 Å². The fraction of sp³-hybridized carbons (Fsp3) is 0.625. The van der Waals surface area contributed by atoms with Gasteiger partial charge in [0, 0.05) is 17.8 Å². The van der Waals surface area contributed by atoms with Crippen LogP contribution in [0, 0.1) is 11.8 Å². The van der Waals surface area contributed by atoms with Gasteiger partial charge in [-0.2, -0.15) is 0 Å². The molecule has 0 radical (unpaired) electrons. The van der Waals surface area contributed by atoms with Crippen molar-refractivity contribution in [2.24, 2.45) is 17.6 Å². The first-order chi connectivity index (χ1) is 8.65. The smallest absolute Gasteiger partial charge is 0.0495 e. The summed E-state index contributed by atoms with van der Waals surface area (Å²) in [6, 6.07) is 10.5. The van der Waals surface area contributed by atoms with Gasteiger partial charge in [-0.15, -0.1) is 0 Å². The molecule has 18 heavy (non-hydrogen) atoms. The SMILES string of the molecule is CC(C)C1CCC(CN)(Nc2ccccc2)CC1. The lowest BCUT2D eigenvalue weighted by molar-refractivity contribution is 0.213. The molecule has 1 aliphatic carbocycles. The molecule has 2 rings (SSSR count). The molecule has 0 atom stereocenters. The predicted octanol–water partition coefficient (Wildman–Crippen LogP) is 3.64. The number of para-hydroxylation sites is 1. The average molecular weight is 246 g/mol. The zero-order valence-electron chi connectivity index (χ0n) is 11.7. The Hall–Kier alpha value is -1.02. The van der Waals surface area contributed by atoms with Gasteiger partial charge in [0.25, 0.3) is 0 Å². The van der Waals surface area contributed by atoms with Gasteiger partial charge in [-0.25, -0.2) is 0 Å². The number of benzene rings is 1. The molecule has 2 nitrogen and oxygen atoms in total. The van der Waals surface area contributed by atoms with Crippen LogP contribution in [0.2, 0.25) is 0 Å². The van der Waals surface area contributed by atoms with E-state index < -0.39 is 0 Å². The third-order valence-corrected chi connectivity index (χ3v) is 4.50. The third-order valence-electron chi connectivity index (χ3n) is 4.50. The monoisotopic (exact) mass is 246 g/mol. The Morgan fingerprint density at radius 1 is 1.22 bits per heavy atom. The quantitative estimate of drug-likeness (QED) is 0.851. The molecule has 0 saturated heterocycles. The predicted molar refractivity (Wildman–Crippen MR) is 78.6 cm³/mol. The molecule has 1 fully saturated rings. The molecule has 3 N–H and O–H groups in total. The molecule has 0 amide bonds. The lowest BCUT2D eigenvalue weighted by Gasteiger charge is -2.42. The van der Waals surface area contributed by atoms with E-state index in [1.807, 2.05) is 0 Å². The highest BCUT2D eigenvalue weighted by Crippen LogP contribution is 2.37. The number of hydrogen-bond acceptors (Lipinski definition) is 2. The van der Waals surface area contributed by atoms with Gasteiger partial charge in [0.05, 0.1) is 0 Å². The zero-order chi connectivity index (χ0) is 13.0. The van der Waals surface area contributed by atoms with Crippen molar-refractivity contribution in [2.75, 3.05) is 11.9 Å². The van der Waals surface area contributed by atoms with Crippen LogP contribution in [0.4, 0.5) is 5.69 Å². The van der Waals surface area contributed by atoms with Gasteiger partial charge in [0.1, 0.15) is 0 Å². The zero-order valence-corrected chi connectivity index (χ0v) is 11.7. The Labute approximate surface area is 111 Å². The minimum Gasteiger partial charge on any atom is -0.378 e. The number of nitrogens with two attached hydrogens (primary N) is 1. The normalized spacial score (nSPS) is 28.3. The number of hydrogen-bond donors (Lipinski definition) is 2. The van der Waals surface area contributed by atoms with Crippen molar-refractivity contribution in [1.29, 1.82) is 0 Å². The molecular weight excluding hydrogens is 220 g/mol. The van der Waals surface area contributed by atoms with Crippen molar-refractivity contribution in [2.45, 2.75) is 45.1 Å². The van der Waals surface area contributed by atoms with Gasteiger partial charge in [0.2, 0.25) is 0 Å². The van der Waals surface area contributed by atoms with E-state index >= 15 is 0 Å². The maximum atomic E-state index is 6.05. The molecule has 0 bridgehead atoms. The van der Waals surface area contributed by atoms with Gasteiger partial charge in [-0.05, 0) is 49.7 Å². The largest absolute Gasteiger partial charge is 0.378 e. The van der Waals surface area contributed by atoms with Crippen molar-refractivity contribution >= 4 is 5.69 Å². The van der Waals surface area contributed by atoms with Crippen LogP contribution in [-0.4, -0.2) is 12.1 Å². The van der Waals surface area contributed by atoms with E-state index in [2.05, 4.69) is 49.5 Å². The molecule has 1 aliphatic rings. The molecule has 1 aromatic rings. The van der Waals surface area contributed by atoms with Crippen LogP contribution in [0.1, 0.15) is 39.5 Å². The fourth-order valence-electron chi connectivity index (χ4n) is 3.07. The van der Waals surface area contributed by atoms with E-state index in [1.165, 1.54) is 31.4 Å². The van der Waals surface area contributed by atoms with Gasteiger partial charge in [-0.1, -0.05) is 32.0 Å². The van der Waals surface area contributed by atoms with E-state index in [1.54, 1.807) is 0 Å². The highest BCUT2D eigenvalue weighted by Gasteiger charge is 2.34. The second-order valence-electron chi connectivity index (χ2n) is 6.06. The average Bonchev–Trinajstić information content (AvgIpc) is 2.40. The van der Waals surface area contributed by atoms with Crippen LogP contribution in [0.25, 0.3) is 0 Å². The summed E-state index contributed by atoms with van der Waals surface area (Å²) in [7, 11) is 0. The maximum Gasteiger partial charge on any atom is 0.0495 e. The lowest BCUT2D eigenvalue weighted by Crippen LogP contribution is -2.48. The number of rotatable bonds is 4. The Bertz CT molecular complexity index is 351. The summed E-state index contributed by atoms with van der Waals surface area (Å²) in [5, 5.41) is 3.68. The first-order valence-corrected chi connectivity index (χ1v) is 7.18. The maximum absolute atomic E-state index is 6.05. The van der Waals surface area contributed by atoms with Crippen molar-refractivity contribution in [1.82, 2.24) is 0 Å². The minimum atomic E-state index is 0.118. The Balaban J connectivity index is 2.00. The number of anilines is 1. The van der Waals surface area contributed by atoms with Gasteiger partial charge in [0.15, 0.2) is 0 Å². The van der Waals surface area contributed by atoms with Crippen molar-refractivity contribution in [3.63, 3.8) is 0 Å². The second kappa shape index (κ2) is 5.75. The third kappa shape index (κ3) is 3.05. The summed E-state index contributed by atoms with van der Waals surface area (Å²) in [4.78, 5) is 0. The topological polar surface area (TPSA) is 38.0 Å². The van der Waals surface area contributed by atoms with Crippen LogP contribution in [0.3, 0.4) is 0 Å². The highest BCUT2D eigenvalue weighted by atomic mass is 15.0. The Morgan fingerprint density at radius 3 is 2.33 bits per heavy atom. The summed E-state index contributed by atoms with van der Waals surface area (Å²) in [6.07, 6.45) is 4.99. The lowest BCUT2D eigenvalue weighted by atomic mass is 9.72. The van der Waals surface area contributed by atoms with E-state index in [0.29, 0.717) is 0 Å². The van der Waals surface area contributed by atoms with Crippen molar-refractivity contribution < 1.29 is 0 Å². The van der Waals surface area contributed by atoms with Gasteiger partial charge >= 0.3 is 0 Å². The van der Waals surface area contributed by atoms with E-state index in [-0.39, 0.29) is 5.54 Å². The Morgan fingerprint density at radius 2 is 1.83 bits per heavy atom. The van der Waals surface area contributed by atoms with Crippen LogP contribution in [0.15, 0.2) is 30.3 Å². The molecule has 2 heteroatoms.